The normalized spacial score (nSPS) is 16.0. The largest absolute Gasteiger partial charge is 0.480 e. The summed E-state index contributed by atoms with van der Waals surface area (Å²) in [7, 11) is 0. The molecule has 0 aromatic heterocycles. The van der Waals surface area contributed by atoms with Crippen LogP contribution in [0, 0.1) is 5.92 Å². The third kappa shape index (κ3) is 6.27. The van der Waals surface area contributed by atoms with Crippen molar-refractivity contribution in [3.8, 4) is 0 Å². The van der Waals surface area contributed by atoms with Gasteiger partial charge in [0.25, 0.3) is 0 Å². The van der Waals surface area contributed by atoms with Crippen LogP contribution in [0.3, 0.4) is 0 Å². The zero-order chi connectivity index (χ0) is 12.7. The van der Waals surface area contributed by atoms with E-state index in [0.717, 1.165) is 12.8 Å². The van der Waals surface area contributed by atoms with Crippen molar-refractivity contribution in [2.45, 2.75) is 52.6 Å². The number of hydrogen-bond donors (Lipinski definition) is 3. The molecule has 0 radical (unpaired) electrons. The fourth-order valence-corrected chi connectivity index (χ4v) is 1.35. The molecule has 0 heterocycles. The van der Waals surface area contributed by atoms with Crippen LogP contribution in [-0.4, -0.2) is 29.2 Å². The molecule has 0 aliphatic carbocycles. The van der Waals surface area contributed by atoms with Gasteiger partial charge in [-0.05, 0) is 26.2 Å². The summed E-state index contributed by atoms with van der Waals surface area (Å²) in [6.45, 7) is 7.57. The fourth-order valence-electron chi connectivity index (χ4n) is 1.35. The van der Waals surface area contributed by atoms with Crippen molar-refractivity contribution >= 4 is 12.0 Å². The van der Waals surface area contributed by atoms with E-state index in [2.05, 4.69) is 24.5 Å². The number of aliphatic carboxylic acids is 1. The smallest absolute Gasteiger partial charge is 0.325 e. The molecule has 3 N–H and O–H groups in total. The number of rotatable bonds is 6. The fraction of sp³-hybridized carbons (Fsp3) is 0.818. The van der Waals surface area contributed by atoms with E-state index in [4.69, 9.17) is 5.11 Å². The van der Waals surface area contributed by atoms with Crippen molar-refractivity contribution in [3.05, 3.63) is 0 Å². The topological polar surface area (TPSA) is 78.4 Å². The summed E-state index contributed by atoms with van der Waals surface area (Å²) in [5.74, 6) is -0.489. The van der Waals surface area contributed by atoms with E-state index in [9.17, 15) is 9.59 Å². The molecule has 0 saturated heterocycles. The van der Waals surface area contributed by atoms with Crippen LogP contribution in [0.15, 0.2) is 0 Å². The van der Waals surface area contributed by atoms with Gasteiger partial charge in [0.05, 0.1) is 0 Å². The van der Waals surface area contributed by atoms with Gasteiger partial charge < -0.3 is 15.7 Å². The van der Waals surface area contributed by atoms with Gasteiger partial charge in [0.1, 0.15) is 6.04 Å². The van der Waals surface area contributed by atoms with Crippen LogP contribution in [0.4, 0.5) is 4.79 Å². The van der Waals surface area contributed by atoms with Crippen LogP contribution in [0.2, 0.25) is 0 Å². The number of nitrogens with one attached hydrogen (secondary N) is 2. The SMILES string of the molecule is CCC(C)CC(C)NC(=O)NC(C)C(=O)O. The minimum Gasteiger partial charge on any atom is -0.480 e. The van der Waals surface area contributed by atoms with Gasteiger partial charge in [-0.3, -0.25) is 4.79 Å². The molecule has 0 aromatic rings. The molecule has 0 aliphatic heterocycles. The summed E-state index contributed by atoms with van der Waals surface area (Å²) in [4.78, 5) is 21.9. The van der Waals surface area contributed by atoms with Crippen LogP contribution < -0.4 is 10.6 Å². The molecule has 3 atom stereocenters. The second-order valence-electron chi connectivity index (χ2n) is 4.33. The van der Waals surface area contributed by atoms with Crippen molar-refractivity contribution in [2.24, 2.45) is 5.92 Å². The highest BCUT2D eigenvalue weighted by Crippen LogP contribution is 2.09. The molecule has 0 fully saturated rings. The monoisotopic (exact) mass is 230 g/mol. The van der Waals surface area contributed by atoms with E-state index in [1.807, 2.05) is 6.92 Å². The number of carbonyl (C=O) groups is 2. The van der Waals surface area contributed by atoms with Crippen LogP contribution in [0.1, 0.15) is 40.5 Å². The highest BCUT2D eigenvalue weighted by molar-refractivity contribution is 5.82. The minimum atomic E-state index is -1.04. The molecule has 0 bridgehead atoms. The first-order valence-electron chi connectivity index (χ1n) is 5.66. The Hall–Kier alpha value is -1.26. The Morgan fingerprint density at radius 2 is 1.75 bits per heavy atom. The molecule has 16 heavy (non-hydrogen) atoms. The molecule has 0 spiro atoms. The molecule has 3 unspecified atom stereocenters. The summed E-state index contributed by atoms with van der Waals surface area (Å²) in [5.41, 5.74) is 0. The molecular formula is C11H22N2O3. The Bertz CT molecular complexity index is 243. The first-order valence-corrected chi connectivity index (χ1v) is 5.66. The predicted octanol–water partition coefficient (Wildman–Crippen LogP) is 1.58. The molecular weight excluding hydrogens is 208 g/mol. The second-order valence-corrected chi connectivity index (χ2v) is 4.33. The third-order valence-corrected chi connectivity index (χ3v) is 2.55. The van der Waals surface area contributed by atoms with Gasteiger partial charge >= 0.3 is 12.0 Å². The molecule has 5 nitrogen and oxygen atoms in total. The maximum atomic E-state index is 11.4. The maximum Gasteiger partial charge on any atom is 0.325 e. The number of urea groups is 1. The predicted molar refractivity (Wildman–Crippen MR) is 62.3 cm³/mol. The van der Waals surface area contributed by atoms with Crippen LogP contribution in [0.25, 0.3) is 0 Å². The number of carbonyl (C=O) groups excluding carboxylic acids is 1. The quantitative estimate of drug-likeness (QED) is 0.648. The molecule has 0 rings (SSSR count). The lowest BCUT2D eigenvalue weighted by Gasteiger charge is -2.18. The minimum absolute atomic E-state index is 0.0518. The van der Waals surface area contributed by atoms with Crippen molar-refractivity contribution in [1.29, 1.82) is 0 Å². The van der Waals surface area contributed by atoms with E-state index in [1.54, 1.807) is 0 Å². The van der Waals surface area contributed by atoms with E-state index in [0.29, 0.717) is 5.92 Å². The van der Waals surface area contributed by atoms with E-state index >= 15 is 0 Å². The summed E-state index contributed by atoms with van der Waals surface area (Å²) in [6, 6.07) is -1.24. The van der Waals surface area contributed by atoms with E-state index < -0.39 is 18.0 Å². The lowest BCUT2D eigenvalue weighted by molar-refractivity contribution is -0.138. The van der Waals surface area contributed by atoms with Crippen molar-refractivity contribution in [3.63, 3.8) is 0 Å². The van der Waals surface area contributed by atoms with E-state index in [-0.39, 0.29) is 6.04 Å². The summed E-state index contributed by atoms with van der Waals surface area (Å²) < 4.78 is 0. The number of hydrogen-bond acceptors (Lipinski definition) is 2. The molecule has 0 saturated carbocycles. The lowest BCUT2D eigenvalue weighted by atomic mass is 10.0. The molecule has 0 aliphatic rings. The highest BCUT2D eigenvalue weighted by atomic mass is 16.4. The average molecular weight is 230 g/mol. The van der Waals surface area contributed by atoms with Gasteiger partial charge in [0.2, 0.25) is 0 Å². The van der Waals surface area contributed by atoms with Gasteiger partial charge in [-0.2, -0.15) is 0 Å². The zero-order valence-electron chi connectivity index (χ0n) is 10.4. The molecule has 0 aromatic carbocycles. The Labute approximate surface area is 96.6 Å². The van der Waals surface area contributed by atoms with Crippen molar-refractivity contribution in [2.75, 3.05) is 0 Å². The van der Waals surface area contributed by atoms with Gasteiger partial charge in [-0.15, -0.1) is 0 Å². The summed E-state index contributed by atoms with van der Waals surface area (Å²) in [6.07, 6.45) is 1.96. The Kier molecular flexibility index (Phi) is 6.53. The summed E-state index contributed by atoms with van der Waals surface area (Å²) in [5, 5.41) is 13.7. The molecule has 5 heteroatoms. The van der Waals surface area contributed by atoms with Crippen LogP contribution in [0.5, 0.6) is 0 Å². The lowest BCUT2D eigenvalue weighted by Crippen LogP contribution is -2.47. The highest BCUT2D eigenvalue weighted by Gasteiger charge is 2.15. The van der Waals surface area contributed by atoms with Crippen molar-refractivity contribution in [1.82, 2.24) is 10.6 Å². The number of carboxylic acid groups (broad SMARTS) is 1. The number of amides is 2. The maximum absolute atomic E-state index is 11.4. The second kappa shape index (κ2) is 7.09. The van der Waals surface area contributed by atoms with Crippen LogP contribution >= 0.6 is 0 Å². The van der Waals surface area contributed by atoms with Gasteiger partial charge in [-0.1, -0.05) is 20.3 Å². The Balaban J connectivity index is 3.91. The average Bonchev–Trinajstić information content (AvgIpc) is 2.16. The third-order valence-electron chi connectivity index (χ3n) is 2.55. The first kappa shape index (κ1) is 14.7. The van der Waals surface area contributed by atoms with Gasteiger partial charge in [0, 0.05) is 6.04 Å². The Morgan fingerprint density at radius 1 is 1.19 bits per heavy atom. The first-order chi connectivity index (χ1) is 7.36. The number of carboxylic acids is 1. The standard InChI is InChI=1S/C11H22N2O3/c1-5-7(2)6-8(3)12-11(16)13-9(4)10(14)15/h7-9H,5-6H2,1-4H3,(H,14,15)(H2,12,13,16). The van der Waals surface area contributed by atoms with Gasteiger partial charge in [0.15, 0.2) is 0 Å². The van der Waals surface area contributed by atoms with Crippen molar-refractivity contribution < 1.29 is 14.7 Å². The van der Waals surface area contributed by atoms with Gasteiger partial charge in [-0.25, -0.2) is 4.79 Å². The van der Waals surface area contributed by atoms with Crippen LogP contribution in [-0.2, 0) is 4.79 Å². The molecule has 2 amide bonds. The Morgan fingerprint density at radius 3 is 2.19 bits per heavy atom. The molecule has 94 valence electrons. The van der Waals surface area contributed by atoms with E-state index in [1.165, 1.54) is 6.92 Å². The zero-order valence-corrected chi connectivity index (χ0v) is 10.4. The summed E-state index contributed by atoms with van der Waals surface area (Å²) >= 11 is 0.